The van der Waals surface area contributed by atoms with Crippen molar-refractivity contribution >= 4 is 106 Å². The van der Waals surface area contributed by atoms with E-state index in [4.69, 9.17) is 15.2 Å². The van der Waals surface area contributed by atoms with Gasteiger partial charge < -0.3 is 30.5 Å². The molecule has 0 amide bonds. The van der Waals surface area contributed by atoms with Crippen LogP contribution in [0, 0.1) is 10.1 Å². The molecule has 0 heterocycles. The number of benzene rings is 5. The van der Waals surface area contributed by atoms with Crippen molar-refractivity contribution in [3.05, 3.63) is 129 Å². The van der Waals surface area contributed by atoms with E-state index in [1.165, 1.54) is 62.8 Å². The summed E-state index contributed by atoms with van der Waals surface area (Å²) in [5, 5.41) is 69.7. The molecule has 0 spiro atoms. The number of carbonyl (C=O) groups is 3. The Morgan fingerprint density at radius 2 is 1.43 bits per heavy atom. The van der Waals surface area contributed by atoms with Crippen molar-refractivity contribution in [1.82, 2.24) is 0 Å². The van der Waals surface area contributed by atoms with Crippen molar-refractivity contribution in [3.63, 3.8) is 0 Å². The number of hydrogen-bond acceptors (Lipinski definition) is 21. The third-order valence-corrected chi connectivity index (χ3v) is 11.7. The molecule has 0 saturated carbocycles. The largest absolute Gasteiger partial charge is 0.505 e. The molecule has 8 N–H and O–H groups in total. The third kappa shape index (κ3) is 9.98. The number of hydrazone groups is 1. The predicted octanol–water partition coefficient (Wildman–Crippen LogP) is 6.76. The van der Waals surface area contributed by atoms with Crippen LogP contribution in [0.2, 0.25) is 0 Å². The zero-order chi connectivity index (χ0) is 50.8. The minimum atomic E-state index is -5.23. The molecule has 0 radical (unpaired) electrons. The van der Waals surface area contributed by atoms with Crippen LogP contribution in [0.1, 0.15) is 21.5 Å². The van der Waals surface area contributed by atoms with Crippen LogP contribution in [0.5, 0.6) is 17.2 Å². The molecule has 28 heteroatoms. The van der Waals surface area contributed by atoms with Gasteiger partial charge in [-0.05, 0) is 66.8 Å². The number of hydrogen-bond donors (Lipinski definition) is 7. The number of ether oxygens (including phenoxy) is 2. The number of ketones is 1. The van der Waals surface area contributed by atoms with E-state index in [9.17, 15) is 65.8 Å². The summed E-state index contributed by atoms with van der Waals surface area (Å²) in [6.07, 6.45) is 6.14. The highest BCUT2D eigenvalue weighted by Gasteiger charge is 2.26. The van der Waals surface area contributed by atoms with Crippen LogP contribution in [0.25, 0.3) is 10.8 Å². The summed E-state index contributed by atoms with van der Waals surface area (Å²) in [5.74, 6) is -4.68. The van der Waals surface area contributed by atoms with Gasteiger partial charge in [0.25, 0.3) is 25.9 Å². The first-order valence-corrected chi connectivity index (χ1v) is 22.1. The van der Waals surface area contributed by atoms with Gasteiger partial charge in [0.1, 0.15) is 50.4 Å². The maximum absolute atomic E-state index is 12.8. The molecule has 2 aliphatic carbocycles. The fourth-order valence-electron chi connectivity index (χ4n) is 6.60. The number of phenolic OH excluding ortho intramolecular Hbond substituents is 1. The lowest BCUT2D eigenvalue weighted by molar-refractivity contribution is -0.384. The van der Waals surface area contributed by atoms with E-state index in [0.717, 1.165) is 48.6 Å². The number of rotatable bonds is 14. The summed E-state index contributed by atoms with van der Waals surface area (Å²) in [4.78, 5) is 44.1. The van der Waals surface area contributed by atoms with Crippen LogP contribution in [-0.2, 0) is 29.8 Å². The second-order valence-electron chi connectivity index (χ2n) is 14.2. The van der Waals surface area contributed by atoms with Gasteiger partial charge in [0.05, 0.1) is 52.4 Å². The fourth-order valence-corrected chi connectivity index (χ4v) is 7.75. The van der Waals surface area contributed by atoms with Crippen molar-refractivity contribution in [1.29, 1.82) is 0 Å². The van der Waals surface area contributed by atoms with E-state index in [1.807, 2.05) is 0 Å². The first-order valence-electron chi connectivity index (χ1n) is 19.2. The highest BCUT2D eigenvalue weighted by atomic mass is 32.2. The summed E-state index contributed by atoms with van der Waals surface area (Å²) in [6.45, 7) is 0. The van der Waals surface area contributed by atoms with Crippen LogP contribution in [0.4, 0.5) is 39.8 Å². The van der Waals surface area contributed by atoms with Crippen molar-refractivity contribution in [3.8, 4) is 17.2 Å². The number of carboxylic acid groups (broad SMARTS) is 2. The van der Waals surface area contributed by atoms with E-state index in [1.54, 1.807) is 0 Å². The number of nitrogens with two attached hydrogens (primary N) is 1. The number of nitro groups is 1. The van der Waals surface area contributed by atoms with Crippen molar-refractivity contribution in [2.75, 3.05) is 25.4 Å². The number of nitrogen functional groups attached to an aromatic ring is 1. The second-order valence-corrected chi connectivity index (χ2v) is 17.0. The molecule has 7 rings (SSSR count). The molecule has 5 aromatic carbocycles. The Hall–Kier alpha value is -9.38. The first-order chi connectivity index (χ1) is 33.1. The lowest BCUT2D eigenvalue weighted by atomic mass is 9.94. The van der Waals surface area contributed by atoms with Crippen LogP contribution < -0.4 is 20.6 Å². The second kappa shape index (κ2) is 19.1. The number of aromatic carboxylic acids is 1. The first kappa shape index (κ1) is 48.6. The maximum Gasteiger partial charge on any atom is 0.339 e. The smallest absolute Gasteiger partial charge is 0.339 e. The summed E-state index contributed by atoms with van der Waals surface area (Å²) >= 11 is 0. The monoisotopic (exact) mass is 994 g/mol. The molecular formula is C42H30N10O16S2. The number of fused-ring (bicyclic) bond motifs is 2. The van der Waals surface area contributed by atoms with Gasteiger partial charge in [0.15, 0.2) is 11.5 Å². The molecule has 5 aromatic rings. The molecule has 26 nitrogen and oxygen atoms in total. The van der Waals surface area contributed by atoms with E-state index in [0.29, 0.717) is 0 Å². The Balaban J connectivity index is 1.25. The molecule has 70 heavy (non-hydrogen) atoms. The van der Waals surface area contributed by atoms with Gasteiger partial charge in [-0.15, -0.1) is 25.6 Å². The molecule has 0 aromatic heterocycles. The maximum atomic E-state index is 12.8. The van der Waals surface area contributed by atoms with Gasteiger partial charge >= 0.3 is 11.9 Å². The number of methoxy groups -OCH3 is 2. The van der Waals surface area contributed by atoms with Crippen LogP contribution >= 0.6 is 0 Å². The number of phenols is 1. The minimum Gasteiger partial charge on any atom is -0.505 e. The average Bonchev–Trinajstić information content (AvgIpc) is 3.31. The molecule has 0 fully saturated rings. The number of nitrogens with zero attached hydrogens (tertiary/aromatic N) is 8. The number of non-ortho nitro benzene ring substituents is 1. The molecule has 0 aliphatic heterocycles. The Morgan fingerprint density at radius 3 is 2.09 bits per heavy atom. The van der Waals surface area contributed by atoms with E-state index < -0.39 is 80.9 Å². The Bertz CT molecular complexity index is 3640. The Kier molecular flexibility index (Phi) is 13.2. The number of nitro benzene ring substituents is 1. The molecule has 2 aliphatic rings. The topological polar surface area (TPSA) is 407 Å². The predicted molar refractivity (Wildman–Crippen MR) is 247 cm³/mol. The van der Waals surface area contributed by atoms with Gasteiger partial charge in [-0.1, -0.05) is 6.07 Å². The molecule has 0 saturated heterocycles. The van der Waals surface area contributed by atoms with E-state index in [-0.39, 0.29) is 79.0 Å². The van der Waals surface area contributed by atoms with Crippen LogP contribution in [0.3, 0.4) is 0 Å². The van der Waals surface area contributed by atoms with Crippen molar-refractivity contribution < 1.29 is 70.0 Å². The Morgan fingerprint density at radius 1 is 0.729 bits per heavy atom. The SMILES string of the molecule is COc1cc(NN=C2C=CC(=NN=C3C=CC(=O)C(C(=O)O)=C3)c3ccc(S(=O)(=O)O)cc32)c(OC)cc1N=Nc1c(S(=O)(=O)O)cc2c(N=Nc3ccc([N+](=O)[O-])cc3C(=O)O)c(N)ccc2c1O. The van der Waals surface area contributed by atoms with Crippen molar-refractivity contribution in [2.24, 2.45) is 35.8 Å². The number of azo groups is 2. The number of carboxylic acids is 2. The number of nitrogens with one attached hydrogen (secondary N) is 1. The lowest BCUT2D eigenvalue weighted by Crippen LogP contribution is -2.16. The van der Waals surface area contributed by atoms with Crippen molar-refractivity contribution in [2.45, 2.75) is 9.79 Å². The van der Waals surface area contributed by atoms with E-state index >= 15 is 0 Å². The Labute approximate surface area is 392 Å². The quantitative estimate of drug-likeness (QED) is 0.0115. The highest BCUT2D eigenvalue weighted by Crippen LogP contribution is 2.47. The normalized spacial score (nSPS) is 15.5. The number of allylic oxidation sites excluding steroid dienone is 5. The van der Waals surface area contributed by atoms with Crippen LogP contribution in [0.15, 0.2) is 148 Å². The highest BCUT2D eigenvalue weighted by molar-refractivity contribution is 7.86. The van der Waals surface area contributed by atoms with Gasteiger partial charge in [-0.3, -0.25) is 29.4 Å². The fraction of sp³-hybridized carbons (Fsp3) is 0.0476. The standard InChI is InChI=1S/C42H30N10O16S2/c1-67-35-18-33(49-51-39-37(70(64,65)66)16-25-23(40(39)54)7-8-28(43)38(25)50-47-31-9-4-20(52(59)60)14-26(31)41(55)56)36(68-2)17-32(35)48-46-30-11-10-29(22-6-5-21(15-24(22)30)69(61,62)63)45-44-19-3-12-34(53)27(13-19)42(57)58/h3-18,48,54H,43H2,1-2H3,(H,55,56)(H,57,58)(H,61,62,63)(H,64,65,66). The average molecular weight is 995 g/mol. The van der Waals surface area contributed by atoms with Crippen LogP contribution in [-0.4, -0.2) is 95.3 Å². The van der Waals surface area contributed by atoms with Gasteiger partial charge in [0.2, 0.25) is 0 Å². The molecule has 0 bridgehead atoms. The van der Waals surface area contributed by atoms with Gasteiger partial charge in [0, 0.05) is 46.2 Å². The molecule has 0 unspecified atom stereocenters. The number of aliphatic carboxylic acids is 1. The number of anilines is 2. The summed E-state index contributed by atoms with van der Waals surface area (Å²) in [6, 6.07) is 12.2. The van der Waals surface area contributed by atoms with Gasteiger partial charge in [-0.25, -0.2) is 9.59 Å². The lowest BCUT2D eigenvalue weighted by Gasteiger charge is -2.17. The minimum absolute atomic E-state index is 0.0129. The molecule has 0 atom stereocenters. The summed E-state index contributed by atoms with van der Waals surface area (Å²) < 4.78 is 81.0. The number of carbonyl (C=O) groups excluding carboxylic acids is 1. The zero-order valence-electron chi connectivity index (χ0n) is 35.4. The summed E-state index contributed by atoms with van der Waals surface area (Å²) in [5.41, 5.74) is 6.26. The van der Waals surface area contributed by atoms with Gasteiger partial charge in [-0.2, -0.15) is 27.0 Å². The molecular weight excluding hydrogens is 965 g/mol. The van der Waals surface area contributed by atoms with E-state index in [2.05, 4.69) is 41.2 Å². The molecule has 356 valence electrons. The number of aromatic hydroxyl groups is 1. The summed E-state index contributed by atoms with van der Waals surface area (Å²) in [7, 11) is -7.45. The third-order valence-electron chi connectivity index (χ3n) is 9.96. The zero-order valence-corrected chi connectivity index (χ0v) is 37.1.